The summed E-state index contributed by atoms with van der Waals surface area (Å²) in [7, 11) is 1.70. The molecule has 1 saturated carbocycles. The van der Waals surface area contributed by atoms with Gasteiger partial charge in [-0.3, -0.25) is 0 Å². The highest BCUT2D eigenvalue weighted by Crippen LogP contribution is 2.30. The highest BCUT2D eigenvalue weighted by atomic mass is 79.9. The largest absolute Gasteiger partial charge is 0.381 e. The minimum Gasteiger partial charge on any atom is -0.381 e. The third-order valence-corrected chi connectivity index (χ3v) is 3.94. The van der Waals surface area contributed by atoms with Gasteiger partial charge in [-0.15, -0.1) is 0 Å². The smallest absolute Gasteiger partial charge is 0.150 e. The number of ether oxygens (including phenoxy) is 1. The SMILES string of the molecule is COC1CCCC(Nc2c(F)cc(F)cc2Br)C1. The predicted molar refractivity (Wildman–Crippen MR) is 70.7 cm³/mol. The number of halogens is 3. The van der Waals surface area contributed by atoms with Crippen LogP contribution in [0.1, 0.15) is 25.7 Å². The van der Waals surface area contributed by atoms with Crippen LogP contribution in [0.5, 0.6) is 0 Å². The summed E-state index contributed by atoms with van der Waals surface area (Å²) in [5.74, 6) is -1.15. The molecular weight excluding hydrogens is 304 g/mol. The normalized spacial score (nSPS) is 24.0. The van der Waals surface area contributed by atoms with Crippen molar-refractivity contribution in [2.24, 2.45) is 0 Å². The molecule has 2 atom stereocenters. The summed E-state index contributed by atoms with van der Waals surface area (Å²) in [6.45, 7) is 0. The lowest BCUT2D eigenvalue weighted by Crippen LogP contribution is -2.31. The molecular formula is C13H16BrF2NO. The molecule has 1 aliphatic rings. The fourth-order valence-electron chi connectivity index (χ4n) is 2.37. The second kappa shape index (κ2) is 5.97. The Morgan fingerprint density at radius 1 is 1.33 bits per heavy atom. The minimum atomic E-state index is -0.580. The fraction of sp³-hybridized carbons (Fsp3) is 0.538. The topological polar surface area (TPSA) is 21.3 Å². The molecule has 0 radical (unpaired) electrons. The second-order valence-electron chi connectivity index (χ2n) is 4.61. The van der Waals surface area contributed by atoms with Crippen molar-refractivity contribution in [3.8, 4) is 0 Å². The van der Waals surface area contributed by atoms with E-state index in [4.69, 9.17) is 4.74 Å². The van der Waals surface area contributed by atoms with E-state index in [2.05, 4.69) is 21.2 Å². The van der Waals surface area contributed by atoms with Gasteiger partial charge in [0.25, 0.3) is 0 Å². The van der Waals surface area contributed by atoms with Crippen LogP contribution >= 0.6 is 15.9 Å². The summed E-state index contributed by atoms with van der Waals surface area (Å²) in [6, 6.07) is 2.33. The number of hydrogen-bond donors (Lipinski definition) is 1. The molecule has 2 unspecified atom stereocenters. The number of anilines is 1. The summed E-state index contributed by atoms with van der Waals surface area (Å²) < 4.78 is 32.4. The van der Waals surface area contributed by atoms with E-state index < -0.39 is 11.6 Å². The maximum absolute atomic E-state index is 13.7. The van der Waals surface area contributed by atoms with Crippen LogP contribution in [0.3, 0.4) is 0 Å². The van der Waals surface area contributed by atoms with Crippen molar-refractivity contribution < 1.29 is 13.5 Å². The van der Waals surface area contributed by atoms with Crippen molar-refractivity contribution in [3.63, 3.8) is 0 Å². The number of nitrogens with one attached hydrogen (secondary N) is 1. The van der Waals surface area contributed by atoms with Crippen LogP contribution in [-0.4, -0.2) is 19.3 Å². The van der Waals surface area contributed by atoms with E-state index in [1.54, 1.807) is 7.11 Å². The maximum Gasteiger partial charge on any atom is 0.150 e. The molecule has 2 nitrogen and oxygen atoms in total. The van der Waals surface area contributed by atoms with E-state index in [9.17, 15) is 8.78 Å². The van der Waals surface area contributed by atoms with Crippen LogP contribution in [0.2, 0.25) is 0 Å². The van der Waals surface area contributed by atoms with Crippen molar-refractivity contribution in [1.29, 1.82) is 0 Å². The van der Waals surface area contributed by atoms with Gasteiger partial charge in [0.15, 0.2) is 0 Å². The monoisotopic (exact) mass is 319 g/mol. The molecule has 0 aliphatic heterocycles. The molecule has 0 spiro atoms. The van der Waals surface area contributed by atoms with Gasteiger partial charge in [-0.25, -0.2) is 8.78 Å². The van der Waals surface area contributed by atoms with Gasteiger partial charge in [0, 0.05) is 23.7 Å². The Morgan fingerprint density at radius 2 is 2.11 bits per heavy atom. The zero-order valence-electron chi connectivity index (χ0n) is 10.2. The van der Waals surface area contributed by atoms with Gasteiger partial charge in [-0.1, -0.05) is 0 Å². The summed E-state index contributed by atoms with van der Waals surface area (Å²) in [5.41, 5.74) is 0.332. The maximum atomic E-state index is 13.7. The van der Waals surface area contributed by atoms with Gasteiger partial charge in [0.2, 0.25) is 0 Å². The highest BCUT2D eigenvalue weighted by Gasteiger charge is 2.23. The first kappa shape index (κ1) is 13.7. The van der Waals surface area contributed by atoms with Gasteiger partial charge in [-0.05, 0) is 47.7 Å². The lowest BCUT2D eigenvalue weighted by molar-refractivity contribution is 0.0669. The molecule has 5 heteroatoms. The quantitative estimate of drug-likeness (QED) is 0.905. The number of hydrogen-bond acceptors (Lipinski definition) is 2. The molecule has 1 aromatic carbocycles. The third-order valence-electron chi connectivity index (χ3n) is 3.31. The summed E-state index contributed by atoms with van der Waals surface area (Å²) in [6.07, 6.45) is 4.14. The Bertz CT molecular complexity index is 404. The van der Waals surface area contributed by atoms with Crippen LogP contribution in [0, 0.1) is 11.6 Å². The first-order valence-electron chi connectivity index (χ1n) is 6.04. The average molecular weight is 320 g/mol. The Kier molecular flexibility index (Phi) is 4.56. The van der Waals surface area contributed by atoms with Crippen molar-refractivity contribution in [3.05, 3.63) is 28.2 Å². The molecule has 0 heterocycles. The minimum absolute atomic E-state index is 0.167. The summed E-state index contributed by atoms with van der Waals surface area (Å²) >= 11 is 3.18. The molecule has 0 saturated heterocycles. The van der Waals surface area contributed by atoms with Gasteiger partial charge < -0.3 is 10.1 Å². The highest BCUT2D eigenvalue weighted by molar-refractivity contribution is 9.10. The zero-order valence-corrected chi connectivity index (χ0v) is 11.8. The van der Waals surface area contributed by atoms with Crippen molar-refractivity contribution in [2.45, 2.75) is 37.8 Å². The Morgan fingerprint density at radius 3 is 2.78 bits per heavy atom. The van der Waals surface area contributed by atoms with Crippen molar-refractivity contribution in [2.75, 3.05) is 12.4 Å². The van der Waals surface area contributed by atoms with Crippen LogP contribution < -0.4 is 5.32 Å². The first-order valence-corrected chi connectivity index (χ1v) is 6.83. The molecule has 1 aliphatic carbocycles. The van der Waals surface area contributed by atoms with Crippen LogP contribution in [0.25, 0.3) is 0 Å². The average Bonchev–Trinajstić information content (AvgIpc) is 2.34. The zero-order chi connectivity index (χ0) is 13.1. The molecule has 1 fully saturated rings. The number of methoxy groups -OCH3 is 1. The molecule has 0 amide bonds. The van der Waals surface area contributed by atoms with Gasteiger partial charge in [0.1, 0.15) is 11.6 Å². The van der Waals surface area contributed by atoms with Crippen LogP contribution in [0.4, 0.5) is 14.5 Å². The lowest BCUT2D eigenvalue weighted by Gasteiger charge is -2.30. The number of rotatable bonds is 3. The first-order chi connectivity index (χ1) is 8.60. The molecule has 1 aromatic rings. The Hall–Kier alpha value is -0.680. The summed E-state index contributed by atoms with van der Waals surface area (Å²) in [5, 5.41) is 3.14. The Balaban J connectivity index is 2.09. The second-order valence-corrected chi connectivity index (χ2v) is 5.46. The summed E-state index contributed by atoms with van der Waals surface area (Å²) in [4.78, 5) is 0. The molecule has 18 heavy (non-hydrogen) atoms. The van der Waals surface area contributed by atoms with E-state index in [1.165, 1.54) is 6.07 Å². The van der Waals surface area contributed by atoms with E-state index in [0.717, 1.165) is 31.7 Å². The lowest BCUT2D eigenvalue weighted by atomic mass is 9.92. The molecule has 100 valence electrons. The molecule has 2 rings (SSSR count). The van der Waals surface area contributed by atoms with Crippen molar-refractivity contribution >= 4 is 21.6 Å². The van der Waals surface area contributed by atoms with Crippen LogP contribution in [0.15, 0.2) is 16.6 Å². The fourth-order valence-corrected chi connectivity index (χ4v) is 2.90. The van der Waals surface area contributed by atoms with E-state index >= 15 is 0 Å². The van der Waals surface area contributed by atoms with E-state index in [-0.39, 0.29) is 12.1 Å². The van der Waals surface area contributed by atoms with E-state index in [0.29, 0.717) is 10.2 Å². The van der Waals surface area contributed by atoms with Gasteiger partial charge in [0.05, 0.1) is 11.8 Å². The predicted octanol–water partition coefficient (Wildman–Crippen LogP) is 4.10. The molecule has 0 aromatic heterocycles. The molecule has 0 bridgehead atoms. The van der Waals surface area contributed by atoms with Crippen molar-refractivity contribution in [1.82, 2.24) is 0 Å². The third kappa shape index (κ3) is 3.20. The Labute approximate surface area is 114 Å². The van der Waals surface area contributed by atoms with E-state index in [1.807, 2.05) is 0 Å². The molecule has 1 N–H and O–H groups in total. The standard InChI is InChI=1S/C13H16BrF2NO/c1-18-10-4-2-3-9(7-10)17-13-11(14)5-8(15)6-12(13)16/h5-6,9-10,17H,2-4,7H2,1H3. The van der Waals surface area contributed by atoms with Crippen LogP contribution in [-0.2, 0) is 4.74 Å². The number of benzene rings is 1. The van der Waals surface area contributed by atoms with Gasteiger partial charge in [-0.2, -0.15) is 0 Å². The van der Waals surface area contributed by atoms with Gasteiger partial charge >= 0.3 is 0 Å².